The molecule has 0 aliphatic heterocycles. The van der Waals surface area contributed by atoms with Gasteiger partial charge in [-0.2, -0.15) is 5.26 Å². The van der Waals surface area contributed by atoms with Crippen LogP contribution in [-0.4, -0.2) is 13.0 Å². The predicted octanol–water partition coefficient (Wildman–Crippen LogP) is 4.53. The Hall–Kier alpha value is -2.78. The number of nitriles is 1. The highest BCUT2D eigenvalue weighted by Crippen LogP contribution is 2.26. The number of methoxy groups -OCH3 is 1. The van der Waals surface area contributed by atoms with E-state index in [1.807, 2.05) is 44.2 Å². The van der Waals surface area contributed by atoms with Gasteiger partial charge in [0.25, 0.3) is 5.91 Å². The van der Waals surface area contributed by atoms with Gasteiger partial charge in [0, 0.05) is 16.4 Å². The molecule has 0 spiro atoms. The Bertz CT molecular complexity index is 869. The van der Waals surface area contributed by atoms with Gasteiger partial charge in [-0.25, -0.2) is 0 Å². The number of benzene rings is 2. The molecule has 2 aromatic rings. The summed E-state index contributed by atoms with van der Waals surface area (Å²) in [5.41, 5.74) is 3.27. The number of anilines is 2. The molecule has 0 saturated heterocycles. The minimum Gasteiger partial charge on any atom is -0.495 e. The Morgan fingerprint density at radius 2 is 1.96 bits per heavy atom. The van der Waals surface area contributed by atoms with Crippen molar-refractivity contribution in [3.05, 3.63) is 63.8 Å². The number of carbonyl (C=O) groups excluding carboxylic acids is 1. The van der Waals surface area contributed by atoms with Gasteiger partial charge in [0.1, 0.15) is 17.4 Å². The third-order valence-corrected chi connectivity index (χ3v) is 4.02. The standard InChI is InChI=1S/C19H18BrN3O2/c1-12-4-7-18(25-3)17(8-12)23-19(24)14(10-21)11-22-16-6-5-15(20)9-13(16)2/h4-9,11,22H,1-3H3,(H,23,24)/b14-11-. The SMILES string of the molecule is COc1ccc(C)cc1NC(=O)/C(C#N)=C\Nc1ccc(Br)cc1C. The van der Waals surface area contributed by atoms with Crippen molar-refractivity contribution in [2.45, 2.75) is 13.8 Å². The number of nitrogens with one attached hydrogen (secondary N) is 2. The van der Waals surface area contributed by atoms with Crippen LogP contribution in [0.25, 0.3) is 0 Å². The van der Waals surface area contributed by atoms with E-state index in [2.05, 4.69) is 26.6 Å². The molecule has 0 atom stereocenters. The third kappa shape index (κ3) is 4.85. The fourth-order valence-corrected chi connectivity index (χ4v) is 2.67. The number of aryl methyl sites for hydroxylation is 2. The monoisotopic (exact) mass is 399 g/mol. The molecular weight excluding hydrogens is 382 g/mol. The zero-order valence-corrected chi connectivity index (χ0v) is 15.8. The van der Waals surface area contributed by atoms with Crippen LogP contribution in [0.5, 0.6) is 5.75 Å². The maximum atomic E-state index is 12.4. The van der Waals surface area contributed by atoms with Crippen LogP contribution in [0.2, 0.25) is 0 Å². The zero-order chi connectivity index (χ0) is 18.4. The normalized spacial score (nSPS) is 10.8. The van der Waals surface area contributed by atoms with E-state index < -0.39 is 5.91 Å². The Kier molecular flexibility index (Phi) is 6.20. The molecule has 5 nitrogen and oxygen atoms in total. The lowest BCUT2D eigenvalue weighted by Gasteiger charge is -2.11. The number of amides is 1. The minimum absolute atomic E-state index is 0.0362. The van der Waals surface area contributed by atoms with E-state index in [9.17, 15) is 10.1 Å². The molecule has 0 saturated carbocycles. The highest BCUT2D eigenvalue weighted by Gasteiger charge is 2.12. The summed E-state index contributed by atoms with van der Waals surface area (Å²) in [4.78, 5) is 12.4. The van der Waals surface area contributed by atoms with Crippen molar-refractivity contribution >= 4 is 33.2 Å². The summed E-state index contributed by atoms with van der Waals surface area (Å²) in [6.45, 7) is 3.85. The number of nitrogens with zero attached hydrogens (tertiary/aromatic N) is 1. The van der Waals surface area contributed by atoms with E-state index in [0.717, 1.165) is 21.3 Å². The minimum atomic E-state index is -0.506. The van der Waals surface area contributed by atoms with Crippen LogP contribution in [0.1, 0.15) is 11.1 Å². The Morgan fingerprint density at radius 1 is 1.20 bits per heavy atom. The van der Waals surface area contributed by atoms with E-state index >= 15 is 0 Å². The first-order chi connectivity index (χ1) is 11.9. The highest BCUT2D eigenvalue weighted by atomic mass is 79.9. The molecule has 0 radical (unpaired) electrons. The second-order valence-electron chi connectivity index (χ2n) is 5.43. The first-order valence-electron chi connectivity index (χ1n) is 7.53. The molecule has 0 aliphatic rings. The molecule has 0 aromatic heterocycles. The number of hydrogen-bond acceptors (Lipinski definition) is 4. The summed E-state index contributed by atoms with van der Waals surface area (Å²) in [5.74, 6) is 0.0293. The van der Waals surface area contributed by atoms with Crippen molar-refractivity contribution in [3.8, 4) is 11.8 Å². The van der Waals surface area contributed by atoms with Crippen LogP contribution < -0.4 is 15.4 Å². The molecule has 128 valence electrons. The lowest BCUT2D eigenvalue weighted by atomic mass is 10.2. The molecule has 1 amide bonds. The molecule has 2 N–H and O–H groups in total. The molecule has 0 bridgehead atoms. The summed E-state index contributed by atoms with van der Waals surface area (Å²) in [6.07, 6.45) is 1.40. The molecule has 0 heterocycles. The summed E-state index contributed by atoms with van der Waals surface area (Å²) < 4.78 is 6.20. The van der Waals surface area contributed by atoms with Gasteiger partial charge in [0.2, 0.25) is 0 Å². The van der Waals surface area contributed by atoms with Gasteiger partial charge in [-0.3, -0.25) is 4.79 Å². The number of ether oxygens (including phenoxy) is 1. The highest BCUT2D eigenvalue weighted by molar-refractivity contribution is 9.10. The topological polar surface area (TPSA) is 74.1 Å². The van der Waals surface area contributed by atoms with Crippen molar-refractivity contribution < 1.29 is 9.53 Å². The second kappa shape index (κ2) is 8.36. The first kappa shape index (κ1) is 18.6. The van der Waals surface area contributed by atoms with Gasteiger partial charge in [0.15, 0.2) is 0 Å². The van der Waals surface area contributed by atoms with E-state index in [1.165, 1.54) is 13.3 Å². The third-order valence-electron chi connectivity index (χ3n) is 3.53. The van der Waals surface area contributed by atoms with Gasteiger partial charge in [-0.05, 0) is 55.3 Å². The largest absolute Gasteiger partial charge is 0.495 e. The van der Waals surface area contributed by atoms with Crippen molar-refractivity contribution in [2.75, 3.05) is 17.7 Å². The van der Waals surface area contributed by atoms with Crippen molar-refractivity contribution in [1.82, 2.24) is 0 Å². The number of hydrogen-bond donors (Lipinski definition) is 2. The molecular formula is C19H18BrN3O2. The summed E-state index contributed by atoms with van der Waals surface area (Å²) >= 11 is 3.40. The van der Waals surface area contributed by atoms with Gasteiger partial charge >= 0.3 is 0 Å². The number of rotatable bonds is 5. The van der Waals surface area contributed by atoms with Gasteiger partial charge in [-0.1, -0.05) is 22.0 Å². The zero-order valence-electron chi connectivity index (χ0n) is 14.2. The van der Waals surface area contributed by atoms with Crippen LogP contribution in [0.4, 0.5) is 11.4 Å². The number of halogens is 1. The number of carbonyl (C=O) groups is 1. The van der Waals surface area contributed by atoms with Crippen LogP contribution in [-0.2, 0) is 4.79 Å². The summed E-state index contributed by atoms with van der Waals surface area (Å²) in [7, 11) is 1.53. The fourth-order valence-electron chi connectivity index (χ4n) is 2.20. The summed E-state index contributed by atoms with van der Waals surface area (Å²) in [5, 5.41) is 15.0. The van der Waals surface area contributed by atoms with Gasteiger partial charge in [-0.15, -0.1) is 0 Å². The molecule has 2 rings (SSSR count). The molecule has 25 heavy (non-hydrogen) atoms. The van der Waals surface area contributed by atoms with E-state index in [-0.39, 0.29) is 5.57 Å². The Labute approximate surface area is 155 Å². The molecule has 2 aromatic carbocycles. The molecule has 0 fully saturated rings. The van der Waals surface area contributed by atoms with Crippen molar-refractivity contribution in [3.63, 3.8) is 0 Å². The van der Waals surface area contributed by atoms with E-state index in [0.29, 0.717) is 11.4 Å². The maximum Gasteiger partial charge on any atom is 0.267 e. The lowest BCUT2D eigenvalue weighted by Crippen LogP contribution is -2.15. The lowest BCUT2D eigenvalue weighted by molar-refractivity contribution is -0.112. The quantitative estimate of drug-likeness (QED) is 0.571. The Morgan fingerprint density at radius 3 is 2.60 bits per heavy atom. The first-order valence-corrected chi connectivity index (χ1v) is 8.33. The van der Waals surface area contributed by atoms with E-state index in [4.69, 9.17) is 4.74 Å². The van der Waals surface area contributed by atoms with Gasteiger partial charge < -0.3 is 15.4 Å². The molecule has 0 aliphatic carbocycles. The fraction of sp³-hybridized carbons (Fsp3) is 0.158. The smallest absolute Gasteiger partial charge is 0.267 e. The van der Waals surface area contributed by atoms with Crippen LogP contribution in [0.15, 0.2) is 52.6 Å². The Balaban J connectivity index is 2.18. The average molecular weight is 400 g/mol. The van der Waals surface area contributed by atoms with Crippen LogP contribution in [0.3, 0.4) is 0 Å². The molecule has 0 unspecified atom stereocenters. The maximum absolute atomic E-state index is 12.4. The van der Waals surface area contributed by atoms with Gasteiger partial charge in [0.05, 0.1) is 12.8 Å². The van der Waals surface area contributed by atoms with Crippen molar-refractivity contribution in [2.24, 2.45) is 0 Å². The average Bonchev–Trinajstić information content (AvgIpc) is 2.57. The second-order valence-corrected chi connectivity index (χ2v) is 6.35. The van der Waals surface area contributed by atoms with Crippen LogP contribution in [0, 0.1) is 25.2 Å². The van der Waals surface area contributed by atoms with E-state index in [1.54, 1.807) is 12.1 Å². The van der Waals surface area contributed by atoms with Crippen molar-refractivity contribution in [1.29, 1.82) is 5.26 Å². The predicted molar refractivity (Wildman–Crippen MR) is 103 cm³/mol. The summed E-state index contributed by atoms with van der Waals surface area (Å²) in [6, 6.07) is 13.0. The molecule has 6 heteroatoms. The van der Waals surface area contributed by atoms with Crippen LogP contribution >= 0.6 is 15.9 Å².